The number of esters is 2. The zero-order valence-electron chi connectivity index (χ0n) is 62.6. The van der Waals surface area contributed by atoms with Crippen molar-refractivity contribution >= 4 is 11.9 Å². The Hall–Kier alpha value is -3.30. The highest BCUT2D eigenvalue weighted by atomic mass is 16.6. The molecule has 2 saturated heterocycles. The maximum absolute atomic E-state index is 13.9. The van der Waals surface area contributed by atoms with Gasteiger partial charge in [0.25, 0.3) is 0 Å². The largest absolute Gasteiger partial charge is 0.458 e. The van der Waals surface area contributed by atoms with Gasteiger partial charge in [0, 0.05) is 108 Å². The van der Waals surface area contributed by atoms with Crippen LogP contribution in [0.3, 0.4) is 0 Å². The number of allylic oxidation sites excluding steroid dienone is 4. The Bertz CT molecular complexity index is 2520. The van der Waals surface area contributed by atoms with Crippen molar-refractivity contribution in [2.45, 2.75) is 333 Å². The Kier molecular flexibility index (Phi) is 37.7. The van der Waals surface area contributed by atoms with E-state index in [0.717, 1.165) is 12.8 Å². The molecule has 0 aromatic heterocycles. The van der Waals surface area contributed by atoms with E-state index in [2.05, 4.69) is 0 Å². The van der Waals surface area contributed by atoms with Gasteiger partial charge in [-0.3, -0.25) is 0 Å². The minimum atomic E-state index is -1.22. The van der Waals surface area contributed by atoms with Crippen LogP contribution in [0.5, 0.6) is 0 Å². The third-order valence-corrected chi connectivity index (χ3v) is 22.3. The van der Waals surface area contributed by atoms with Gasteiger partial charge < -0.3 is 93.3 Å². The lowest BCUT2D eigenvalue weighted by Crippen LogP contribution is -2.47. The van der Waals surface area contributed by atoms with E-state index in [0.29, 0.717) is 62.5 Å². The van der Waals surface area contributed by atoms with Crippen LogP contribution in [0.15, 0.2) is 71.9 Å². The van der Waals surface area contributed by atoms with Crippen molar-refractivity contribution < 1.29 is 103 Å². The molecule has 31 atom stereocenters. The van der Waals surface area contributed by atoms with Gasteiger partial charge in [0.05, 0.1) is 128 Å². The van der Waals surface area contributed by atoms with Crippen LogP contribution >= 0.6 is 0 Å². The number of fused-ring (bicyclic) bond motifs is 4. The van der Waals surface area contributed by atoms with Crippen LogP contribution in [0.25, 0.3) is 0 Å². The summed E-state index contributed by atoms with van der Waals surface area (Å²) >= 11 is 0. The average Bonchev–Trinajstić information content (AvgIpc) is 0.855. The van der Waals surface area contributed by atoms with Crippen molar-refractivity contribution in [2.24, 2.45) is 47.3 Å². The molecule has 0 amide bonds. The van der Waals surface area contributed by atoms with Gasteiger partial charge in [-0.2, -0.15) is 0 Å². The molecule has 0 saturated carbocycles. The number of carbonyl (C=O) groups excluding carboxylic acids is 2. The number of hydrogen-bond donors (Lipinski definition) is 9. The smallest absolute Gasteiger partial charge is 0.331 e. The van der Waals surface area contributed by atoms with Gasteiger partial charge >= 0.3 is 11.9 Å². The van der Waals surface area contributed by atoms with Gasteiger partial charge in [-0.25, -0.2) is 9.59 Å². The van der Waals surface area contributed by atoms with Crippen molar-refractivity contribution in [3.8, 4) is 0 Å². The van der Waals surface area contributed by atoms with Gasteiger partial charge in [-0.15, -0.1) is 0 Å². The Morgan fingerprint density at radius 3 is 1.32 bits per heavy atom. The van der Waals surface area contributed by atoms with Crippen LogP contribution in [-0.2, 0) is 57.0 Å². The molecule has 2 fully saturated rings. The third kappa shape index (κ3) is 28.3. The molecule has 570 valence electrons. The topological polar surface area (TPSA) is 309 Å². The molecule has 5 aliphatic rings. The number of aliphatic hydroxyl groups excluding tert-OH is 9. The zero-order chi connectivity index (χ0) is 73.4. The van der Waals surface area contributed by atoms with E-state index in [4.69, 9.17) is 47.4 Å². The van der Waals surface area contributed by atoms with E-state index < -0.39 is 151 Å². The van der Waals surface area contributed by atoms with E-state index in [-0.39, 0.29) is 93.6 Å². The monoisotopic (exact) mass is 1400 g/mol. The van der Waals surface area contributed by atoms with Crippen LogP contribution in [-0.4, -0.2) is 227 Å². The van der Waals surface area contributed by atoms with Crippen molar-refractivity contribution in [1.29, 1.82) is 0 Å². The maximum Gasteiger partial charge on any atom is 0.331 e. The molecule has 21 nitrogen and oxygen atoms in total. The predicted molar refractivity (Wildman–Crippen MR) is 379 cm³/mol. The maximum atomic E-state index is 13.9. The normalized spacial score (nSPS) is 41.1. The Morgan fingerprint density at radius 1 is 0.475 bits per heavy atom. The number of cyclic esters (lactones) is 2. The second-order valence-corrected chi connectivity index (χ2v) is 30.5. The van der Waals surface area contributed by atoms with Crippen molar-refractivity contribution in [3.05, 3.63) is 71.9 Å². The molecule has 5 aliphatic heterocycles. The molecular weight excluding hydrogens is 1270 g/mol. The highest BCUT2D eigenvalue weighted by Crippen LogP contribution is 2.37. The van der Waals surface area contributed by atoms with E-state index in [9.17, 15) is 55.5 Å². The Morgan fingerprint density at radius 2 is 0.889 bits per heavy atom. The first-order valence-electron chi connectivity index (χ1n) is 37.1. The van der Waals surface area contributed by atoms with Crippen molar-refractivity contribution in [2.75, 3.05) is 28.4 Å². The summed E-state index contributed by atoms with van der Waals surface area (Å²) in [5.41, 5.74) is 1.35. The van der Waals surface area contributed by atoms with Crippen LogP contribution in [0.4, 0.5) is 0 Å². The van der Waals surface area contributed by atoms with E-state index in [1.165, 1.54) is 12.2 Å². The molecule has 0 aliphatic carbocycles. The molecule has 0 aromatic carbocycles. The van der Waals surface area contributed by atoms with E-state index in [1.54, 1.807) is 81.3 Å². The molecule has 0 aromatic rings. The fourth-order valence-corrected chi connectivity index (χ4v) is 15.4. The number of carbonyl (C=O) groups is 2. The van der Waals surface area contributed by atoms with E-state index >= 15 is 0 Å². The van der Waals surface area contributed by atoms with Crippen LogP contribution in [0.2, 0.25) is 0 Å². The summed E-state index contributed by atoms with van der Waals surface area (Å²) in [5, 5.41) is 106. The minimum absolute atomic E-state index is 0.0334. The molecule has 0 radical (unpaired) electrons. The van der Waals surface area contributed by atoms with E-state index in [1.807, 2.05) is 78.8 Å². The third-order valence-electron chi connectivity index (χ3n) is 22.3. The van der Waals surface area contributed by atoms with Gasteiger partial charge in [-0.1, -0.05) is 115 Å². The second kappa shape index (κ2) is 43.2. The lowest BCUT2D eigenvalue weighted by molar-refractivity contribution is -0.160. The SMILES string of the molecule is CO[C@@H]1C[C@H](C)O[C@@H](C(O)C[C@H](C)[C@H](O)[C@H](C)[C@H]2OC(=O)/C=C/C(C)=C/C[C@H](O)C[C@H]3C=CC[C@@H](C[C@H](OC)[C@@H](C)[C@@H](O)C[C@@H](O)[C@H](C)[C@@H]([C@@H](C)[C@@H](O)[C@@H](C)CC[C@H]4C[C@H](OC)C[C@H](C)O4)OC(=O)/C=C/C(C)=C/C[C@H](O)C[C@H]4C=CC[C@@H](C[C@H](OC)[C@@H](C)[C@@H](O)C[C@@H](O)[C@@H]2C)O4)O3)C1. The number of rotatable bonds is 16. The summed E-state index contributed by atoms with van der Waals surface area (Å²) in [5.74, 6) is -6.08. The highest BCUT2D eigenvalue weighted by molar-refractivity contribution is 5.83. The minimum Gasteiger partial charge on any atom is -0.458 e. The Balaban J connectivity index is 1.37. The van der Waals surface area contributed by atoms with Crippen LogP contribution < -0.4 is 0 Å². The standard InChI is InChI=1S/C78H132O21/c1-44-23-28-56(79)36-58-20-18-22-61(97-58)40-71(93-16)51(8)66(82)43-68(84)53(10)78(55(12)76(89)47(4)33-69(85)72-41-64(91-14)35-49(6)95-72)99-74(87)32-26-45(2)24-29-57(80)37-59-19-17-21-60(96-59)39-70(92-15)50(7)65(81)42-67(83)52(9)77(98-73(86)31-25-44)54(11)75(88)46(3)27-30-62-38-63(90-13)34-48(5)94-62/h17-20,23-26,31-32,46-72,75-85,88-89H,21-22,27-30,33-43H2,1-16H3/b31-25+,32-26+,44-23+,45-24+/t46-,47-,48-,49-,50-,51-,52-,53-,54-,55-,56-,57-,58+,59+,60-,61-,62-,63+,64+,65-,66-,67+,68+,69?,70-,71-,72+,75-,76-,77-,78-/m0/s1. The van der Waals surface area contributed by atoms with Gasteiger partial charge in [0.15, 0.2) is 0 Å². The molecular formula is C78H132O21. The first-order valence-corrected chi connectivity index (χ1v) is 37.1. The molecule has 0 spiro atoms. The fourth-order valence-electron chi connectivity index (χ4n) is 15.4. The average molecular weight is 1410 g/mol. The Labute approximate surface area is 592 Å². The van der Waals surface area contributed by atoms with Gasteiger partial charge in [0.2, 0.25) is 0 Å². The summed E-state index contributed by atoms with van der Waals surface area (Å²) in [6.45, 7) is 22.1. The summed E-state index contributed by atoms with van der Waals surface area (Å²) in [7, 11) is 6.48. The second-order valence-electron chi connectivity index (χ2n) is 30.5. The molecule has 5 rings (SSSR count). The first-order chi connectivity index (χ1) is 46.8. The summed E-state index contributed by atoms with van der Waals surface area (Å²) in [6.07, 6.45) is 9.95. The lowest BCUT2D eigenvalue weighted by Gasteiger charge is -2.39. The summed E-state index contributed by atoms with van der Waals surface area (Å²) in [4.78, 5) is 27.8. The predicted octanol–water partition coefficient (Wildman–Crippen LogP) is 9.08. The van der Waals surface area contributed by atoms with Crippen LogP contribution in [0, 0.1) is 47.3 Å². The molecule has 9 N–H and O–H groups in total. The number of ether oxygens (including phenoxy) is 10. The summed E-state index contributed by atoms with van der Waals surface area (Å²) in [6, 6.07) is 0. The summed E-state index contributed by atoms with van der Waals surface area (Å²) < 4.78 is 61.1. The molecule has 1 unspecified atom stereocenters. The van der Waals surface area contributed by atoms with Crippen molar-refractivity contribution in [3.63, 3.8) is 0 Å². The molecule has 5 heterocycles. The van der Waals surface area contributed by atoms with Gasteiger partial charge in [-0.05, 0) is 117 Å². The quantitative estimate of drug-likeness (QED) is 0.0514. The van der Waals surface area contributed by atoms with Gasteiger partial charge in [0.1, 0.15) is 12.2 Å². The number of hydrogen-bond acceptors (Lipinski definition) is 21. The number of methoxy groups -OCH3 is 4. The zero-order valence-corrected chi connectivity index (χ0v) is 62.6. The number of aliphatic hydroxyl groups is 9. The van der Waals surface area contributed by atoms with Crippen molar-refractivity contribution in [1.82, 2.24) is 0 Å². The molecule has 21 heteroatoms. The lowest BCUT2D eigenvalue weighted by atomic mass is 9.78. The fraction of sp³-hybridized carbons (Fsp3) is 0.821. The first kappa shape index (κ1) is 86.3. The highest BCUT2D eigenvalue weighted by Gasteiger charge is 2.43. The molecule has 99 heavy (non-hydrogen) atoms. The molecule has 4 bridgehead atoms. The van der Waals surface area contributed by atoms with Crippen LogP contribution in [0.1, 0.15) is 192 Å².